The van der Waals surface area contributed by atoms with Gasteiger partial charge >= 0.3 is 5.97 Å². The van der Waals surface area contributed by atoms with Crippen molar-refractivity contribution in [2.75, 3.05) is 0 Å². The van der Waals surface area contributed by atoms with E-state index in [1.165, 1.54) is 0 Å². The van der Waals surface area contributed by atoms with Gasteiger partial charge in [-0.2, -0.15) is 0 Å². The maximum absolute atomic E-state index is 11.3. The quantitative estimate of drug-likeness (QED) is 0.471. The van der Waals surface area contributed by atoms with Crippen molar-refractivity contribution in [2.24, 2.45) is 11.8 Å². The Morgan fingerprint density at radius 1 is 1.75 bits per heavy atom. The number of ether oxygens (including phenoxy) is 1. The van der Waals surface area contributed by atoms with Gasteiger partial charge in [0.2, 0.25) is 0 Å². The molecule has 2 aliphatic rings. The highest BCUT2D eigenvalue weighted by molar-refractivity contribution is 5.77. The van der Waals surface area contributed by atoms with E-state index in [0.29, 0.717) is 5.92 Å². The summed E-state index contributed by atoms with van der Waals surface area (Å²) in [4.78, 5) is 11.3. The van der Waals surface area contributed by atoms with E-state index in [1.54, 1.807) is 0 Å². The van der Waals surface area contributed by atoms with Crippen LogP contribution in [-0.2, 0) is 9.53 Å². The zero-order valence-corrected chi connectivity index (χ0v) is 6.95. The number of allylic oxidation sites excluding steroid dienone is 3. The summed E-state index contributed by atoms with van der Waals surface area (Å²) >= 11 is 0. The van der Waals surface area contributed by atoms with Gasteiger partial charge in [-0.25, -0.2) is 0 Å². The monoisotopic (exact) mass is 164 g/mol. The lowest BCUT2D eigenvalue weighted by Gasteiger charge is -2.13. The zero-order valence-electron chi connectivity index (χ0n) is 6.95. The van der Waals surface area contributed by atoms with Crippen LogP contribution in [-0.4, -0.2) is 5.97 Å². The van der Waals surface area contributed by atoms with Gasteiger partial charge in [0.15, 0.2) is 0 Å². The molecule has 0 aromatic rings. The minimum atomic E-state index is -0.0640. The van der Waals surface area contributed by atoms with Crippen LogP contribution in [0.3, 0.4) is 0 Å². The topological polar surface area (TPSA) is 26.3 Å². The molecule has 2 atom stereocenters. The summed E-state index contributed by atoms with van der Waals surface area (Å²) in [6.45, 7) is 3.65. The molecule has 2 unspecified atom stereocenters. The van der Waals surface area contributed by atoms with Crippen molar-refractivity contribution in [3.63, 3.8) is 0 Å². The third-order valence-electron chi connectivity index (χ3n) is 2.44. The van der Waals surface area contributed by atoms with Gasteiger partial charge in [-0.05, 0) is 24.8 Å². The number of esters is 1. The van der Waals surface area contributed by atoms with Crippen molar-refractivity contribution in [3.8, 4) is 0 Å². The Kier molecular flexibility index (Phi) is 1.75. The summed E-state index contributed by atoms with van der Waals surface area (Å²) in [6.07, 6.45) is 6.70. The molecule has 2 nitrogen and oxygen atoms in total. The minimum absolute atomic E-state index is 0.0640. The fourth-order valence-corrected chi connectivity index (χ4v) is 1.31. The van der Waals surface area contributed by atoms with E-state index in [0.717, 1.165) is 25.0 Å². The molecular weight excluding hydrogens is 152 g/mol. The van der Waals surface area contributed by atoms with E-state index >= 15 is 0 Å². The number of carbonyl (C=O) groups is 1. The third-order valence-corrected chi connectivity index (χ3v) is 2.44. The van der Waals surface area contributed by atoms with Gasteiger partial charge < -0.3 is 4.74 Å². The van der Waals surface area contributed by atoms with Crippen molar-refractivity contribution < 1.29 is 9.53 Å². The molecule has 64 valence electrons. The molecule has 2 heteroatoms. The normalized spacial score (nSPS) is 31.5. The van der Waals surface area contributed by atoms with Crippen LogP contribution in [0, 0.1) is 11.8 Å². The highest BCUT2D eigenvalue weighted by Gasteiger charge is 2.42. The van der Waals surface area contributed by atoms with Crippen molar-refractivity contribution in [3.05, 3.63) is 24.5 Å². The average molecular weight is 164 g/mol. The molecule has 0 amide bonds. The van der Waals surface area contributed by atoms with Crippen LogP contribution in [0.2, 0.25) is 0 Å². The summed E-state index contributed by atoms with van der Waals surface area (Å²) in [6, 6.07) is 0. The Morgan fingerprint density at radius 3 is 2.92 bits per heavy atom. The van der Waals surface area contributed by atoms with Crippen molar-refractivity contribution in [2.45, 2.75) is 19.3 Å². The second kappa shape index (κ2) is 2.77. The third kappa shape index (κ3) is 1.29. The van der Waals surface area contributed by atoms with E-state index in [9.17, 15) is 4.79 Å². The first-order valence-corrected chi connectivity index (χ1v) is 4.34. The largest absolute Gasteiger partial charge is 0.431 e. The number of rotatable bonds is 3. The average Bonchev–Trinajstić information content (AvgIpc) is 2.74. The maximum atomic E-state index is 11.3. The van der Waals surface area contributed by atoms with Gasteiger partial charge in [0.1, 0.15) is 5.76 Å². The SMILES string of the molecule is C=CC1CC1C(=O)OC1=CCC1. The zero-order chi connectivity index (χ0) is 8.55. The first-order chi connectivity index (χ1) is 5.81. The summed E-state index contributed by atoms with van der Waals surface area (Å²) < 4.78 is 5.12. The molecule has 0 aromatic carbocycles. The highest BCUT2D eigenvalue weighted by Crippen LogP contribution is 2.41. The van der Waals surface area contributed by atoms with Crippen LogP contribution in [0.5, 0.6) is 0 Å². The molecule has 12 heavy (non-hydrogen) atoms. The molecule has 1 fully saturated rings. The summed E-state index contributed by atoms with van der Waals surface area (Å²) in [5.74, 6) is 1.27. The number of hydrogen-bond donors (Lipinski definition) is 0. The molecule has 0 aliphatic heterocycles. The first kappa shape index (κ1) is 7.59. The highest BCUT2D eigenvalue weighted by atomic mass is 16.5. The molecule has 0 N–H and O–H groups in total. The van der Waals surface area contributed by atoms with Crippen LogP contribution < -0.4 is 0 Å². The lowest BCUT2D eigenvalue weighted by Crippen LogP contribution is -2.10. The van der Waals surface area contributed by atoms with Crippen LogP contribution in [0.1, 0.15) is 19.3 Å². The molecule has 2 aliphatic carbocycles. The van der Waals surface area contributed by atoms with E-state index in [1.807, 2.05) is 12.2 Å². The Morgan fingerprint density at radius 2 is 2.50 bits per heavy atom. The molecule has 0 aromatic heterocycles. The summed E-state index contributed by atoms with van der Waals surface area (Å²) in [7, 11) is 0. The van der Waals surface area contributed by atoms with E-state index in [4.69, 9.17) is 4.74 Å². The minimum Gasteiger partial charge on any atom is -0.431 e. The number of carbonyl (C=O) groups excluding carboxylic acids is 1. The van der Waals surface area contributed by atoms with Gasteiger partial charge in [0.25, 0.3) is 0 Å². The fourth-order valence-electron chi connectivity index (χ4n) is 1.31. The Hall–Kier alpha value is -1.05. The predicted octanol–water partition coefficient (Wildman–Crippen LogP) is 2.03. The standard InChI is InChI=1S/C10H12O2/c1-2-7-6-9(7)10(11)12-8-4-3-5-8/h2,4,7,9H,1,3,5-6H2. The van der Waals surface area contributed by atoms with Crippen molar-refractivity contribution >= 4 is 5.97 Å². The maximum Gasteiger partial charge on any atom is 0.314 e. The van der Waals surface area contributed by atoms with Crippen LogP contribution in [0.15, 0.2) is 24.5 Å². The Balaban J connectivity index is 1.82. The van der Waals surface area contributed by atoms with Gasteiger partial charge in [0.05, 0.1) is 5.92 Å². The van der Waals surface area contributed by atoms with Crippen LogP contribution in [0.25, 0.3) is 0 Å². The summed E-state index contributed by atoms with van der Waals surface area (Å²) in [5, 5.41) is 0. The van der Waals surface area contributed by atoms with Crippen LogP contribution in [0.4, 0.5) is 0 Å². The van der Waals surface area contributed by atoms with E-state index in [2.05, 4.69) is 6.58 Å². The fraction of sp³-hybridized carbons (Fsp3) is 0.500. The molecule has 1 saturated carbocycles. The van der Waals surface area contributed by atoms with Crippen LogP contribution >= 0.6 is 0 Å². The van der Waals surface area contributed by atoms with Gasteiger partial charge in [0, 0.05) is 6.42 Å². The second-order valence-corrected chi connectivity index (χ2v) is 3.37. The van der Waals surface area contributed by atoms with Crippen molar-refractivity contribution in [1.82, 2.24) is 0 Å². The number of hydrogen-bond acceptors (Lipinski definition) is 2. The van der Waals surface area contributed by atoms with Crippen molar-refractivity contribution in [1.29, 1.82) is 0 Å². The Labute approximate surface area is 71.9 Å². The van der Waals surface area contributed by atoms with Gasteiger partial charge in [-0.1, -0.05) is 6.08 Å². The Bertz CT molecular complexity index is 253. The van der Waals surface area contributed by atoms with E-state index in [-0.39, 0.29) is 11.9 Å². The lowest BCUT2D eigenvalue weighted by atomic mass is 10.1. The summed E-state index contributed by atoms with van der Waals surface area (Å²) in [5.41, 5.74) is 0. The van der Waals surface area contributed by atoms with Gasteiger partial charge in [-0.3, -0.25) is 4.79 Å². The molecule has 0 radical (unpaired) electrons. The molecule has 0 saturated heterocycles. The van der Waals surface area contributed by atoms with Gasteiger partial charge in [-0.15, -0.1) is 6.58 Å². The van der Waals surface area contributed by atoms with E-state index < -0.39 is 0 Å². The predicted molar refractivity (Wildman–Crippen MR) is 45.2 cm³/mol. The first-order valence-electron chi connectivity index (χ1n) is 4.34. The second-order valence-electron chi connectivity index (χ2n) is 3.37. The molecule has 0 heterocycles. The lowest BCUT2D eigenvalue weighted by molar-refractivity contribution is -0.141. The molecule has 0 spiro atoms. The molecular formula is C10H12O2. The molecule has 0 bridgehead atoms. The smallest absolute Gasteiger partial charge is 0.314 e. The molecule has 2 rings (SSSR count).